The van der Waals surface area contributed by atoms with Gasteiger partial charge in [-0.05, 0) is 48.9 Å². The molecule has 1 aliphatic heterocycles. The van der Waals surface area contributed by atoms with Crippen molar-refractivity contribution in [2.45, 2.75) is 20.0 Å². The number of benzene rings is 2. The topological polar surface area (TPSA) is 50.8 Å². The van der Waals surface area contributed by atoms with Gasteiger partial charge in [-0.3, -0.25) is 9.69 Å². The Hall–Kier alpha value is -2.60. The summed E-state index contributed by atoms with van der Waals surface area (Å²) < 4.78 is 24.4. The minimum absolute atomic E-state index is 0.0768. The molecule has 1 heterocycles. The van der Waals surface area contributed by atoms with Crippen LogP contribution in [0.2, 0.25) is 0 Å². The number of halogens is 1. The van der Waals surface area contributed by atoms with Crippen molar-refractivity contribution in [1.82, 2.24) is 10.2 Å². The number of aryl methyl sites for hydroxylation is 1. The number of amides is 1. The molecule has 0 spiro atoms. The van der Waals surface area contributed by atoms with E-state index in [2.05, 4.69) is 5.32 Å². The normalized spacial score (nSPS) is 12.9. The fourth-order valence-corrected chi connectivity index (χ4v) is 2.87. The van der Waals surface area contributed by atoms with Crippen molar-refractivity contribution in [3.8, 4) is 11.5 Å². The number of rotatable bonds is 6. The van der Waals surface area contributed by atoms with Gasteiger partial charge < -0.3 is 14.8 Å². The molecule has 0 saturated carbocycles. The molecule has 26 heavy (non-hydrogen) atoms. The summed E-state index contributed by atoms with van der Waals surface area (Å²) in [6.07, 6.45) is 0. The summed E-state index contributed by atoms with van der Waals surface area (Å²) in [6, 6.07) is 10.7. The van der Waals surface area contributed by atoms with Crippen molar-refractivity contribution in [3.05, 3.63) is 58.9 Å². The van der Waals surface area contributed by atoms with Crippen LogP contribution in [0.5, 0.6) is 11.5 Å². The molecule has 2 aromatic rings. The largest absolute Gasteiger partial charge is 0.486 e. The van der Waals surface area contributed by atoms with Gasteiger partial charge in [0.1, 0.15) is 19.0 Å². The van der Waals surface area contributed by atoms with Crippen LogP contribution < -0.4 is 14.8 Å². The van der Waals surface area contributed by atoms with E-state index in [0.29, 0.717) is 31.9 Å². The first-order valence-electron chi connectivity index (χ1n) is 8.60. The first-order valence-corrected chi connectivity index (χ1v) is 8.60. The van der Waals surface area contributed by atoms with E-state index in [4.69, 9.17) is 9.47 Å². The molecule has 0 saturated heterocycles. The monoisotopic (exact) mass is 358 g/mol. The van der Waals surface area contributed by atoms with Crippen LogP contribution >= 0.6 is 0 Å². The van der Waals surface area contributed by atoms with Crippen molar-refractivity contribution in [2.75, 3.05) is 26.8 Å². The zero-order valence-corrected chi connectivity index (χ0v) is 15.0. The van der Waals surface area contributed by atoms with E-state index in [-0.39, 0.29) is 18.3 Å². The summed E-state index contributed by atoms with van der Waals surface area (Å²) in [4.78, 5) is 14.1. The Morgan fingerprint density at radius 1 is 1.12 bits per heavy atom. The van der Waals surface area contributed by atoms with Gasteiger partial charge in [0.2, 0.25) is 5.91 Å². The van der Waals surface area contributed by atoms with Crippen LogP contribution in [0, 0.1) is 12.7 Å². The smallest absolute Gasteiger partial charge is 0.234 e. The lowest BCUT2D eigenvalue weighted by atomic mass is 10.1. The Morgan fingerprint density at radius 3 is 2.62 bits per heavy atom. The molecule has 0 fully saturated rings. The molecule has 1 aliphatic rings. The minimum Gasteiger partial charge on any atom is -0.486 e. The summed E-state index contributed by atoms with van der Waals surface area (Å²) in [6.45, 7) is 4.12. The standard InChI is InChI=1S/C20H23FN2O3/c1-14-9-15(3-5-17(14)21)11-22-20(24)13-23(2)12-16-4-6-18-19(10-16)26-8-7-25-18/h3-6,9-10H,7-8,11-13H2,1-2H3,(H,22,24). The maximum Gasteiger partial charge on any atom is 0.234 e. The number of nitrogens with one attached hydrogen (secondary N) is 1. The van der Waals surface area contributed by atoms with Gasteiger partial charge >= 0.3 is 0 Å². The van der Waals surface area contributed by atoms with Crippen molar-refractivity contribution < 1.29 is 18.7 Å². The van der Waals surface area contributed by atoms with E-state index in [0.717, 1.165) is 22.6 Å². The lowest BCUT2D eigenvalue weighted by Crippen LogP contribution is -2.34. The SMILES string of the molecule is Cc1cc(CNC(=O)CN(C)Cc2ccc3c(c2)OCCO3)ccc1F. The minimum atomic E-state index is -0.237. The Labute approximate surface area is 152 Å². The summed E-state index contributed by atoms with van der Waals surface area (Å²) in [5.74, 6) is 1.19. The molecule has 0 unspecified atom stereocenters. The summed E-state index contributed by atoms with van der Waals surface area (Å²) >= 11 is 0. The van der Waals surface area contributed by atoms with Gasteiger partial charge in [0.25, 0.3) is 0 Å². The molecule has 0 radical (unpaired) electrons. The van der Waals surface area contributed by atoms with Crippen LogP contribution in [0.4, 0.5) is 4.39 Å². The van der Waals surface area contributed by atoms with Crippen molar-refractivity contribution in [1.29, 1.82) is 0 Å². The number of hydrogen-bond donors (Lipinski definition) is 1. The van der Waals surface area contributed by atoms with E-state index in [9.17, 15) is 9.18 Å². The molecule has 3 rings (SSSR count). The van der Waals surface area contributed by atoms with Gasteiger partial charge in [-0.25, -0.2) is 4.39 Å². The quantitative estimate of drug-likeness (QED) is 0.863. The highest BCUT2D eigenvalue weighted by molar-refractivity contribution is 5.78. The summed E-state index contributed by atoms with van der Waals surface area (Å²) in [5, 5.41) is 2.86. The van der Waals surface area contributed by atoms with Gasteiger partial charge in [0, 0.05) is 13.1 Å². The molecule has 5 nitrogen and oxygen atoms in total. The van der Waals surface area contributed by atoms with Crippen LogP contribution in [-0.2, 0) is 17.9 Å². The first kappa shape index (κ1) is 18.2. The fraction of sp³-hybridized carbons (Fsp3) is 0.350. The number of hydrogen-bond acceptors (Lipinski definition) is 4. The highest BCUT2D eigenvalue weighted by Gasteiger charge is 2.13. The Bertz CT molecular complexity index is 795. The second-order valence-corrected chi connectivity index (χ2v) is 6.51. The van der Waals surface area contributed by atoms with Gasteiger partial charge in [-0.15, -0.1) is 0 Å². The van der Waals surface area contributed by atoms with Crippen LogP contribution in [0.3, 0.4) is 0 Å². The number of ether oxygens (including phenoxy) is 2. The number of nitrogens with zero attached hydrogens (tertiary/aromatic N) is 1. The maximum atomic E-state index is 13.3. The molecule has 0 bridgehead atoms. The second-order valence-electron chi connectivity index (χ2n) is 6.51. The van der Waals surface area contributed by atoms with Crippen molar-refractivity contribution in [3.63, 3.8) is 0 Å². The van der Waals surface area contributed by atoms with Crippen LogP contribution in [0.25, 0.3) is 0 Å². The Balaban J connectivity index is 1.48. The van der Waals surface area contributed by atoms with E-state index in [1.54, 1.807) is 19.1 Å². The third-order valence-electron chi connectivity index (χ3n) is 4.18. The average Bonchev–Trinajstić information content (AvgIpc) is 2.62. The molecule has 0 atom stereocenters. The summed E-state index contributed by atoms with van der Waals surface area (Å²) in [7, 11) is 1.89. The third kappa shape index (κ3) is 4.73. The van der Waals surface area contributed by atoms with E-state index in [1.807, 2.05) is 30.1 Å². The highest BCUT2D eigenvalue weighted by atomic mass is 19.1. The second kappa shape index (κ2) is 8.19. The number of fused-ring (bicyclic) bond motifs is 1. The van der Waals surface area contributed by atoms with Gasteiger partial charge in [-0.1, -0.05) is 18.2 Å². The molecule has 6 heteroatoms. The van der Waals surface area contributed by atoms with E-state index < -0.39 is 0 Å². The lowest BCUT2D eigenvalue weighted by molar-refractivity contribution is -0.122. The molecular weight excluding hydrogens is 335 g/mol. The average molecular weight is 358 g/mol. The zero-order chi connectivity index (χ0) is 18.5. The van der Waals surface area contributed by atoms with Gasteiger partial charge in [0.15, 0.2) is 11.5 Å². The Morgan fingerprint density at radius 2 is 1.85 bits per heavy atom. The van der Waals surface area contributed by atoms with E-state index in [1.165, 1.54) is 6.07 Å². The fourth-order valence-electron chi connectivity index (χ4n) is 2.87. The zero-order valence-electron chi connectivity index (χ0n) is 15.0. The molecule has 138 valence electrons. The first-order chi connectivity index (χ1) is 12.5. The summed E-state index contributed by atoms with van der Waals surface area (Å²) in [5.41, 5.74) is 2.51. The highest BCUT2D eigenvalue weighted by Crippen LogP contribution is 2.30. The predicted molar refractivity (Wildman–Crippen MR) is 96.7 cm³/mol. The molecule has 1 amide bonds. The Kier molecular flexibility index (Phi) is 5.73. The molecule has 2 aromatic carbocycles. The third-order valence-corrected chi connectivity index (χ3v) is 4.18. The number of carbonyl (C=O) groups excluding carboxylic acids is 1. The van der Waals surface area contributed by atoms with E-state index >= 15 is 0 Å². The lowest BCUT2D eigenvalue weighted by Gasteiger charge is -2.21. The molecule has 0 aromatic heterocycles. The van der Waals surface area contributed by atoms with Crippen LogP contribution in [0.1, 0.15) is 16.7 Å². The number of carbonyl (C=O) groups is 1. The van der Waals surface area contributed by atoms with Crippen molar-refractivity contribution in [2.24, 2.45) is 0 Å². The maximum absolute atomic E-state index is 13.3. The molecule has 1 N–H and O–H groups in total. The molecular formula is C20H23FN2O3. The number of likely N-dealkylation sites (N-methyl/N-ethyl adjacent to an activating group) is 1. The van der Waals surface area contributed by atoms with Crippen LogP contribution in [0.15, 0.2) is 36.4 Å². The van der Waals surface area contributed by atoms with Crippen LogP contribution in [-0.4, -0.2) is 37.6 Å². The van der Waals surface area contributed by atoms with Gasteiger partial charge in [0.05, 0.1) is 6.54 Å². The molecule has 0 aliphatic carbocycles. The van der Waals surface area contributed by atoms with Gasteiger partial charge in [-0.2, -0.15) is 0 Å². The van der Waals surface area contributed by atoms with Crippen molar-refractivity contribution >= 4 is 5.91 Å². The predicted octanol–water partition coefficient (Wildman–Crippen LogP) is 2.65.